The molecular weight excluding hydrogens is 538 g/mol. The summed E-state index contributed by atoms with van der Waals surface area (Å²) in [4.78, 5) is 11.8. The van der Waals surface area contributed by atoms with Gasteiger partial charge in [-0.25, -0.2) is 5.26 Å². The third-order valence-corrected chi connectivity index (χ3v) is 6.67. The highest BCUT2D eigenvalue weighted by Gasteiger charge is 2.19. The van der Waals surface area contributed by atoms with E-state index in [9.17, 15) is 25.9 Å². The van der Waals surface area contributed by atoms with E-state index < -0.39 is 25.1 Å². The maximum Gasteiger partial charge on any atom is 0.296 e. The van der Waals surface area contributed by atoms with Gasteiger partial charge in [0.05, 0.1) is 17.7 Å². The minimum atomic E-state index is -4.65. The van der Waals surface area contributed by atoms with Crippen molar-refractivity contribution < 1.29 is 40.6 Å². The average Bonchev–Trinajstić information content (AvgIpc) is 2.77. The fourth-order valence-corrected chi connectivity index (χ4v) is 4.67. The molecule has 0 aliphatic rings. The lowest BCUT2D eigenvalue weighted by molar-refractivity contribution is -0.432. The monoisotopic (exact) mass is 557 g/mol. The standard InChI is InChI=1S/C19H19N5O9S3/c1-3-4-12-5-6-13(9-17(12)36(29,30)31)22-18-20-11(2)21-19(24-18)23-15-10-14(34-33-32-25)7-8-16(15)35(26,27)28/h3-10,25H,1-2H3,(H,26,27,28)(H,29,30,31)(H2,20,21,22,23,24). The third-order valence-electron chi connectivity index (χ3n) is 4.28. The zero-order chi connectivity index (χ0) is 26.5. The van der Waals surface area contributed by atoms with Crippen LogP contribution in [0.25, 0.3) is 6.08 Å². The van der Waals surface area contributed by atoms with Crippen LogP contribution in [0.3, 0.4) is 0 Å². The Morgan fingerprint density at radius 1 is 0.917 bits per heavy atom. The second kappa shape index (κ2) is 11.3. The van der Waals surface area contributed by atoms with Crippen molar-refractivity contribution >= 4 is 61.6 Å². The molecule has 17 heteroatoms. The first kappa shape index (κ1) is 27.4. The summed E-state index contributed by atoms with van der Waals surface area (Å²) in [6.45, 7) is 3.22. The van der Waals surface area contributed by atoms with Crippen LogP contribution in [-0.2, 0) is 29.6 Å². The lowest BCUT2D eigenvalue weighted by Gasteiger charge is -2.13. The van der Waals surface area contributed by atoms with Gasteiger partial charge in [-0.15, -0.1) is 4.33 Å². The van der Waals surface area contributed by atoms with Crippen LogP contribution in [0.2, 0.25) is 0 Å². The Kier molecular flexibility index (Phi) is 8.59. The van der Waals surface area contributed by atoms with Crippen molar-refractivity contribution in [2.24, 2.45) is 0 Å². The summed E-state index contributed by atoms with van der Waals surface area (Å²) in [7, 11) is -9.18. The smallest absolute Gasteiger partial charge is 0.296 e. The highest BCUT2D eigenvalue weighted by Crippen LogP contribution is 2.30. The molecule has 5 N–H and O–H groups in total. The van der Waals surface area contributed by atoms with Gasteiger partial charge in [0.2, 0.25) is 11.9 Å². The maximum absolute atomic E-state index is 11.8. The Balaban J connectivity index is 1.97. The summed E-state index contributed by atoms with van der Waals surface area (Å²) in [5, 5.41) is 17.3. The molecule has 0 radical (unpaired) electrons. The predicted molar refractivity (Wildman–Crippen MR) is 129 cm³/mol. The topological polar surface area (TPSA) is 210 Å². The molecule has 36 heavy (non-hydrogen) atoms. The van der Waals surface area contributed by atoms with Crippen LogP contribution in [0.4, 0.5) is 23.3 Å². The number of aromatic nitrogens is 3. The molecule has 1 aromatic heterocycles. The number of nitrogens with one attached hydrogen (secondary N) is 2. The van der Waals surface area contributed by atoms with Gasteiger partial charge in [-0.2, -0.15) is 31.8 Å². The second-order valence-corrected chi connectivity index (χ2v) is 10.4. The van der Waals surface area contributed by atoms with Crippen molar-refractivity contribution in [2.75, 3.05) is 10.6 Å². The first-order valence-corrected chi connectivity index (χ1v) is 13.3. The van der Waals surface area contributed by atoms with Gasteiger partial charge >= 0.3 is 0 Å². The van der Waals surface area contributed by atoms with Crippen LogP contribution < -0.4 is 10.6 Å². The molecule has 0 saturated carbocycles. The average molecular weight is 558 g/mol. The number of benzene rings is 2. The molecule has 0 aliphatic heterocycles. The number of hydrogen-bond donors (Lipinski definition) is 5. The van der Waals surface area contributed by atoms with Gasteiger partial charge in [-0.1, -0.05) is 23.3 Å². The van der Waals surface area contributed by atoms with E-state index in [-0.39, 0.29) is 44.5 Å². The Hall–Kier alpha value is -3.16. The Labute approximate surface area is 210 Å². The SMILES string of the molecule is CC=Cc1ccc(Nc2nc(C)nc(Nc3cc(SOOO)ccc3S(=O)(=O)O)n2)cc1S(=O)(=O)O. The largest absolute Gasteiger partial charge is 0.324 e. The van der Waals surface area contributed by atoms with E-state index in [0.717, 1.165) is 6.07 Å². The molecule has 1 heterocycles. The first-order valence-electron chi connectivity index (χ1n) is 9.68. The quantitative estimate of drug-likeness (QED) is 0.104. The molecule has 0 amide bonds. The highest BCUT2D eigenvalue weighted by molar-refractivity contribution is 7.94. The van der Waals surface area contributed by atoms with Crippen LogP contribution in [-0.4, -0.2) is 46.2 Å². The molecule has 192 valence electrons. The third kappa shape index (κ3) is 7.18. The van der Waals surface area contributed by atoms with Crippen molar-refractivity contribution in [1.82, 2.24) is 15.0 Å². The molecule has 0 bridgehead atoms. The van der Waals surface area contributed by atoms with Crippen LogP contribution >= 0.6 is 12.0 Å². The van der Waals surface area contributed by atoms with E-state index in [2.05, 4.69) is 35.0 Å². The summed E-state index contributed by atoms with van der Waals surface area (Å²) < 4.78 is 70.6. The van der Waals surface area contributed by atoms with Crippen LogP contribution in [0.1, 0.15) is 18.3 Å². The molecule has 3 rings (SSSR count). The van der Waals surface area contributed by atoms with E-state index in [1.54, 1.807) is 13.0 Å². The molecule has 14 nitrogen and oxygen atoms in total. The molecule has 0 unspecified atom stereocenters. The van der Waals surface area contributed by atoms with Crippen molar-refractivity contribution in [1.29, 1.82) is 0 Å². The summed E-state index contributed by atoms with van der Waals surface area (Å²) >= 11 is 0.552. The second-order valence-electron chi connectivity index (χ2n) is 6.87. The van der Waals surface area contributed by atoms with Gasteiger partial charge in [0.15, 0.2) is 0 Å². The molecule has 0 saturated heterocycles. The van der Waals surface area contributed by atoms with Crippen molar-refractivity contribution in [2.45, 2.75) is 28.5 Å². The van der Waals surface area contributed by atoms with Crippen molar-refractivity contribution in [3.63, 3.8) is 0 Å². The lowest BCUT2D eigenvalue weighted by Crippen LogP contribution is -2.09. The number of rotatable bonds is 10. The number of allylic oxidation sites excluding steroid dienone is 1. The summed E-state index contributed by atoms with van der Waals surface area (Å²) in [5.41, 5.74) is 0.362. The molecule has 0 fully saturated rings. The first-order chi connectivity index (χ1) is 16.9. The van der Waals surface area contributed by atoms with Crippen molar-refractivity contribution in [3.05, 3.63) is 53.9 Å². The van der Waals surface area contributed by atoms with Crippen LogP contribution in [0.15, 0.2) is 57.2 Å². The van der Waals surface area contributed by atoms with Crippen LogP contribution in [0, 0.1) is 6.92 Å². The molecule has 0 aliphatic carbocycles. The number of aryl methyl sites for hydroxylation is 1. The Morgan fingerprint density at radius 2 is 1.58 bits per heavy atom. The van der Waals surface area contributed by atoms with Gasteiger partial charge in [-0.05, 0) is 49.7 Å². The zero-order valence-corrected chi connectivity index (χ0v) is 20.9. The lowest BCUT2D eigenvalue weighted by atomic mass is 10.2. The van der Waals surface area contributed by atoms with Crippen LogP contribution in [0.5, 0.6) is 0 Å². The van der Waals surface area contributed by atoms with Gasteiger partial charge in [0, 0.05) is 10.6 Å². The molecule has 2 aromatic carbocycles. The summed E-state index contributed by atoms with van der Waals surface area (Å²) in [6, 6.07) is 7.83. The predicted octanol–water partition coefficient (Wildman–Crippen LogP) is 3.62. The summed E-state index contributed by atoms with van der Waals surface area (Å²) in [6.07, 6.45) is 3.13. The molecule has 0 spiro atoms. The van der Waals surface area contributed by atoms with E-state index in [4.69, 9.17) is 5.26 Å². The van der Waals surface area contributed by atoms with Gasteiger partial charge in [0.25, 0.3) is 20.2 Å². The number of anilines is 4. The molecule has 0 atom stereocenters. The van der Waals surface area contributed by atoms with Gasteiger partial charge in [-0.3, -0.25) is 9.11 Å². The minimum absolute atomic E-state index is 0.0407. The van der Waals surface area contributed by atoms with E-state index in [1.165, 1.54) is 43.3 Å². The van der Waals surface area contributed by atoms with Gasteiger partial charge in [0.1, 0.15) is 15.6 Å². The molecular formula is C19H19N5O9S3. The van der Waals surface area contributed by atoms with Crippen molar-refractivity contribution in [3.8, 4) is 0 Å². The van der Waals surface area contributed by atoms with E-state index in [0.29, 0.717) is 12.0 Å². The number of nitrogens with zero attached hydrogens (tertiary/aromatic N) is 3. The zero-order valence-electron chi connectivity index (χ0n) is 18.5. The minimum Gasteiger partial charge on any atom is -0.324 e. The van der Waals surface area contributed by atoms with E-state index in [1.807, 2.05) is 0 Å². The maximum atomic E-state index is 11.8. The number of hydrogen-bond acceptors (Lipinski definition) is 13. The Morgan fingerprint density at radius 3 is 2.19 bits per heavy atom. The highest BCUT2D eigenvalue weighted by atomic mass is 32.2. The van der Waals surface area contributed by atoms with E-state index >= 15 is 0 Å². The molecule has 3 aromatic rings. The summed E-state index contributed by atoms with van der Waals surface area (Å²) in [5.74, 6) is 0.0319. The fraction of sp³-hybridized carbons (Fsp3) is 0.105. The Bertz CT molecular complexity index is 1510. The fourth-order valence-electron chi connectivity index (χ4n) is 2.93. The van der Waals surface area contributed by atoms with Gasteiger partial charge < -0.3 is 10.6 Å². The normalized spacial score (nSPS) is 12.1.